The molecule has 6 heteroatoms. The van der Waals surface area contributed by atoms with Crippen LogP contribution in [0, 0.1) is 5.92 Å². The van der Waals surface area contributed by atoms with E-state index in [2.05, 4.69) is 26.8 Å². The second kappa shape index (κ2) is 7.91. The van der Waals surface area contributed by atoms with E-state index in [9.17, 15) is 4.79 Å². The zero-order chi connectivity index (χ0) is 18.9. The Balaban J connectivity index is 1.12. The fourth-order valence-corrected chi connectivity index (χ4v) is 4.95. The Morgan fingerprint density at radius 1 is 0.964 bits per heavy atom. The molecule has 3 heterocycles. The smallest absolute Gasteiger partial charge is 0.231 e. The van der Waals surface area contributed by atoms with Gasteiger partial charge in [0.05, 0.1) is 0 Å². The number of amides is 1. The molecular weight excluding hydrogens is 354 g/mol. The van der Waals surface area contributed by atoms with Crippen LogP contribution in [0.3, 0.4) is 0 Å². The van der Waals surface area contributed by atoms with Crippen molar-refractivity contribution in [3.63, 3.8) is 0 Å². The van der Waals surface area contributed by atoms with Crippen molar-refractivity contribution < 1.29 is 14.3 Å². The third kappa shape index (κ3) is 3.72. The van der Waals surface area contributed by atoms with Crippen LogP contribution in [0.2, 0.25) is 0 Å². The highest BCUT2D eigenvalue weighted by molar-refractivity contribution is 5.79. The molecule has 152 valence electrons. The highest BCUT2D eigenvalue weighted by atomic mass is 16.7. The van der Waals surface area contributed by atoms with Crippen molar-refractivity contribution >= 4 is 5.91 Å². The summed E-state index contributed by atoms with van der Waals surface area (Å²) in [6.45, 7) is 7.57. The largest absolute Gasteiger partial charge is 0.454 e. The zero-order valence-corrected chi connectivity index (χ0v) is 16.6. The molecule has 0 aromatic heterocycles. The van der Waals surface area contributed by atoms with Gasteiger partial charge in [-0.15, -0.1) is 0 Å². The van der Waals surface area contributed by atoms with Crippen LogP contribution in [0.15, 0.2) is 18.2 Å². The topological polar surface area (TPSA) is 45.3 Å². The summed E-state index contributed by atoms with van der Waals surface area (Å²) in [5, 5.41) is 0. The van der Waals surface area contributed by atoms with Gasteiger partial charge in [-0.05, 0) is 43.4 Å². The Morgan fingerprint density at radius 3 is 2.57 bits per heavy atom. The minimum atomic E-state index is 0.331. The van der Waals surface area contributed by atoms with Crippen LogP contribution in [0.4, 0.5) is 0 Å². The van der Waals surface area contributed by atoms with E-state index in [4.69, 9.17) is 9.47 Å². The molecule has 0 bridgehead atoms. The summed E-state index contributed by atoms with van der Waals surface area (Å²) in [6, 6.07) is 6.82. The van der Waals surface area contributed by atoms with Gasteiger partial charge in [0.25, 0.3) is 0 Å². The first-order valence-electron chi connectivity index (χ1n) is 10.9. The van der Waals surface area contributed by atoms with Crippen molar-refractivity contribution in [2.24, 2.45) is 5.92 Å². The number of fused-ring (bicyclic) bond motifs is 1. The van der Waals surface area contributed by atoms with Crippen LogP contribution >= 0.6 is 0 Å². The molecule has 1 atom stereocenters. The average molecular weight is 386 g/mol. The molecule has 1 saturated carbocycles. The molecule has 0 N–H and O–H groups in total. The SMILES string of the molecule is O=C(C1CCC1)N1CCC[C@H](N2CCN(Cc3ccc4c(c3)OCO4)CC2)C1. The number of hydrogen-bond acceptors (Lipinski definition) is 5. The molecule has 28 heavy (non-hydrogen) atoms. The standard InChI is InChI=1S/C22H31N3O3/c26-22(18-3-1-4-18)25-8-2-5-19(15-25)24-11-9-23(10-12-24)14-17-6-7-20-21(13-17)28-16-27-20/h6-7,13,18-19H,1-5,8-12,14-16H2/t19-/m0/s1. The molecule has 0 unspecified atom stereocenters. The fraction of sp³-hybridized carbons (Fsp3) is 0.682. The van der Waals surface area contributed by atoms with Gasteiger partial charge in [-0.2, -0.15) is 0 Å². The van der Waals surface area contributed by atoms with Crippen molar-refractivity contribution in [3.05, 3.63) is 23.8 Å². The first kappa shape index (κ1) is 18.3. The Labute approximate surface area is 167 Å². The van der Waals surface area contributed by atoms with Gasteiger partial charge in [-0.1, -0.05) is 12.5 Å². The molecule has 1 aromatic rings. The van der Waals surface area contributed by atoms with Gasteiger partial charge < -0.3 is 14.4 Å². The van der Waals surface area contributed by atoms with E-state index in [1.165, 1.54) is 18.4 Å². The van der Waals surface area contributed by atoms with Gasteiger partial charge >= 0.3 is 0 Å². The van der Waals surface area contributed by atoms with Crippen molar-refractivity contribution in [2.45, 2.75) is 44.7 Å². The molecule has 3 aliphatic heterocycles. The molecule has 3 fully saturated rings. The summed E-state index contributed by atoms with van der Waals surface area (Å²) in [5.41, 5.74) is 1.28. The summed E-state index contributed by atoms with van der Waals surface area (Å²) >= 11 is 0. The van der Waals surface area contributed by atoms with Crippen LogP contribution in [0.5, 0.6) is 11.5 Å². The lowest BCUT2D eigenvalue weighted by Crippen LogP contribution is -2.56. The second-order valence-corrected chi connectivity index (χ2v) is 8.71. The molecule has 1 amide bonds. The van der Waals surface area contributed by atoms with Crippen LogP contribution in [0.25, 0.3) is 0 Å². The number of carbonyl (C=O) groups is 1. The molecular formula is C22H31N3O3. The van der Waals surface area contributed by atoms with Crippen molar-refractivity contribution in [1.29, 1.82) is 0 Å². The maximum atomic E-state index is 12.6. The molecule has 5 rings (SSSR count). The summed E-state index contributed by atoms with van der Waals surface area (Å²) in [6.07, 6.45) is 5.84. The lowest BCUT2D eigenvalue weighted by Gasteiger charge is -2.44. The molecule has 2 saturated heterocycles. The van der Waals surface area contributed by atoms with Gasteiger partial charge in [0.15, 0.2) is 11.5 Å². The number of carbonyl (C=O) groups excluding carboxylic acids is 1. The minimum absolute atomic E-state index is 0.331. The van der Waals surface area contributed by atoms with Crippen LogP contribution in [-0.2, 0) is 11.3 Å². The Morgan fingerprint density at radius 2 is 1.79 bits per heavy atom. The van der Waals surface area contributed by atoms with Gasteiger partial charge in [0.1, 0.15) is 0 Å². The molecule has 6 nitrogen and oxygen atoms in total. The number of piperidine rings is 1. The van der Waals surface area contributed by atoms with E-state index >= 15 is 0 Å². The highest BCUT2D eigenvalue weighted by Gasteiger charge is 2.34. The van der Waals surface area contributed by atoms with Crippen LogP contribution < -0.4 is 9.47 Å². The summed E-state index contributed by atoms with van der Waals surface area (Å²) in [7, 11) is 0. The van der Waals surface area contributed by atoms with Crippen LogP contribution in [0.1, 0.15) is 37.7 Å². The molecule has 4 aliphatic rings. The number of piperazine rings is 1. The number of ether oxygens (including phenoxy) is 2. The maximum Gasteiger partial charge on any atom is 0.231 e. The minimum Gasteiger partial charge on any atom is -0.454 e. The fourth-order valence-electron chi connectivity index (χ4n) is 4.95. The quantitative estimate of drug-likeness (QED) is 0.796. The van der Waals surface area contributed by atoms with Gasteiger partial charge in [-0.25, -0.2) is 0 Å². The van der Waals surface area contributed by atoms with Gasteiger partial charge in [0.2, 0.25) is 12.7 Å². The van der Waals surface area contributed by atoms with E-state index < -0.39 is 0 Å². The van der Waals surface area contributed by atoms with E-state index in [1.54, 1.807) is 0 Å². The molecule has 0 spiro atoms. The van der Waals surface area contributed by atoms with Gasteiger partial charge in [0, 0.05) is 57.8 Å². The molecule has 1 aromatic carbocycles. The van der Waals surface area contributed by atoms with E-state index in [1.807, 2.05) is 6.07 Å². The number of hydrogen-bond donors (Lipinski definition) is 0. The number of benzene rings is 1. The highest BCUT2D eigenvalue weighted by Crippen LogP contribution is 2.33. The second-order valence-electron chi connectivity index (χ2n) is 8.71. The summed E-state index contributed by atoms with van der Waals surface area (Å²) in [5.74, 6) is 2.48. The Bertz CT molecular complexity index is 713. The Kier molecular flexibility index (Phi) is 5.16. The van der Waals surface area contributed by atoms with E-state index in [0.717, 1.165) is 76.6 Å². The average Bonchev–Trinajstić information content (AvgIpc) is 3.15. The Hall–Kier alpha value is -1.79. The number of rotatable bonds is 4. The zero-order valence-electron chi connectivity index (χ0n) is 16.6. The first-order valence-corrected chi connectivity index (χ1v) is 10.9. The lowest BCUT2D eigenvalue weighted by atomic mass is 9.84. The van der Waals surface area contributed by atoms with E-state index in [0.29, 0.717) is 24.7 Å². The third-order valence-electron chi connectivity index (χ3n) is 6.93. The van der Waals surface area contributed by atoms with Gasteiger partial charge in [-0.3, -0.25) is 14.6 Å². The predicted octanol–water partition coefficient (Wildman–Crippen LogP) is 2.32. The first-order chi connectivity index (χ1) is 13.8. The van der Waals surface area contributed by atoms with Crippen LogP contribution in [-0.4, -0.2) is 72.7 Å². The summed E-state index contributed by atoms with van der Waals surface area (Å²) in [4.78, 5) is 19.9. The maximum absolute atomic E-state index is 12.6. The predicted molar refractivity (Wildman–Crippen MR) is 106 cm³/mol. The molecule has 0 radical (unpaired) electrons. The van der Waals surface area contributed by atoms with Crippen molar-refractivity contribution in [3.8, 4) is 11.5 Å². The number of likely N-dealkylation sites (tertiary alicyclic amines) is 1. The lowest BCUT2D eigenvalue weighted by molar-refractivity contribution is -0.140. The number of nitrogens with zero attached hydrogens (tertiary/aromatic N) is 3. The van der Waals surface area contributed by atoms with Crippen molar-refractivity contribution in [1.82, 2.24) is 14.7 Å². The normalized spacial score (nSPS) is 26.3. The molecule has 1 aliphatic carbocycles. The third-order valence-corrected chi connectivity index (χ3v) is 6.93. The monoisotopic (exact) mass is 385 g/mol. The van der Waals surface area contributed by atoms with Crippen molar-refractivity contribution in [2.75, 3.05) is 46.1 Å². The van der Waals surface area contributed by atoms with E-state index in [-0.39, 0.29) is 0 Å². The summed E-state index contributed by atoms with van der Waals surface area (Å²) < 4.78 is 10.9.